The SMILES string of the molecule is CCOc1ccc(NC(=O)NC(C)c2nc(C)no2)cc1Cl. The van der Waals surface area contributed by atoms with Crippen molar-refractivity contribution in [2.24, 2.45) is 0 Å². The van der Waals surface area contributed by atoms with Gasteiger partial charge in [-0.15, -0.1) is 0 Å². The van der Waals surface area contributed by atoms with E-state index in [0.29, 0.717) is 34.8 Å². The average Bonchev–Trinajstić information content (AvgIpc) is 2.88. The summed E-state index contributed by atoms with van der Waals surface area (Å²) >= 11 is 6.07. The third kappa shape index (κ3) is 4.11. The first-order chi connectivity index (χ1) is 10.5. The lowest BCUT2D eigenvalue weighted by Crippen LogP contribution is -2.31. The lowest BCUT2D eigenvalue weighted by Gasteiger charge is -2.12. The number of urea groups is 1. The van der Waals surface area contributed by atoms with Gasteiger partial charge in [0.1, 0.15) is 11.8 Å². The molecule has 0 aliphatic heterocycles. The number of hydrogen-bond donors (Lipinski definition) is 2. The van der Waals surface area contributed by atoms with Gasteiger partial charge in [-0.25, -0.2) is 4.79 Å². The summed E-state index contributed by atoms with van der Waals surface area (Å²) in [7, 11) is 0. The van der Waals surface area contributed by atoms with E-state index in [2.05, 4.69) is 20.8 Å². The maximum atomic E-state index is 11.9. The molecule has 2 aromatic rings. The van der Waals surface area contributed by atoms with Crippen molar-refractivity contribution in [2.45, 2.75) is 26.8 Å². The Morgan fingerprint density at radius 1 is 1.50 bits per heavy atom. The minimum Gasteiger partial charge on any atom is -0.492 e. The molecule has 22 heavy (non-hydrogen) atoms. The van der Waals surface area contributed by atoms with Crippen LogP contribution in [0.2, 0.25) is 5.02 Å². The predicted molar refractivity (Wildman–Crippen MR) is 82.2 cm³/mol. The summed E-state index contributed by atoms with van der Waals surface area (Å²) in [4.78, 5) is 16.0. The molecular formula is C14H17ClN4O3. The molecule has 2 amide bonds. The quantitative estimate of drug-likeness (QED) is 0.880. The van der Waals surface area contributed by atoms with Crippen molar-refractivity contribution in [3.8, 4) is 5.75 Å². The average molecular weight is 325 g/mol. The maximum absolute atomic E-state index is 11.9. The number of carbonyl (C=O) groups excluding carboxylic acids is 1. The molecular weight excluding hydrogens is 308 g/mol. The Morgan fingerprint density at radius 2 is 2.27 bits per heavy atom. The van der Waals surface area contributed by atoms with Crippen LogP contribution in [-0.4, -0.2) is 22.8 Å². The second kappa shape index (κ2) is 7.13. The van der Waals surface area contributed by atoms with Crippen LogP contribution in [-0.2, 0) is 0 Å². The van der Waals surface area contributed by atoms with Crippen LogP contribution in [0.1, 0.15) is 31.6 Å². The van der Waals surface area contributed by atoms with Crippen LogP contribution in [0.3, 0.4) is 0 Å². The lowest BCUT2D eigenvalue weighted by molar-refractivity contribution is 0.245. The van der Waals surface area contributed by atoms with Crippen molar-refractivity contribution in [3.05, 3.63) is 34.9 Å². The standard InChI is InChI=1S/C14H17ClN4O3/c1-4-21-12-6-5-10(7-11(12)15)18-14(20)16-8(2)13-17-9(3)19-22-13/h5-8H,4H2,1-3H3,(H2,16,18,20). The van der Waals surface area contributed by atoms with Crippen molar-refractivity contribution in [3.63, 3.8) is 0 Å². The fourth-order valence-corrected chi connectivity index (χ4v) is 2.00. The number of nitrogens with one attached hydrogen (secondary N) is 2. The van der Waals surface area contributed by atoms with Crippen LogP contribution < -0.4 is 15.4 Å². The number of rotatable bonds is 5. The highest BCUT2D eigenvalue weighted by Gasteiger charge is 2.15. The lowest BCUT2D eigenvalue weighted by atomic mass is 10.3. The summed E-state index contributed by atoms with van der Waals surface area (Å²) in [5.74, 6) is 1.43. The predicted octanol–water partition coefficient (Wildman–Crippen LogP) is 3.31. The van der Waals surface area contributed by atoms with Gasteiger partial charge in [-0.2, -0.15) is 4.98 Å². The highest BCUT2D eigenvalue weighted by atomic mass is 35.5. The first-order valence-electron chi connectivity index (χ1n) is 6.79. The summed E-state index contributed by atoms with van der Waals surface area (Å²) < 4.78 is 10.3. The first-order valence-corrected chi connectivity index (χ1v) is 7.17. The highest BCUT2D eigenvalue weighted by molar-refractivity contribution is 6.32. The Bertz CT molecular complexity index is 659. The molecule has 0 saturated carbocycles. The molecule has 1 aromatic heterocycles. The van der Waals surface area contributed by atoms with Gasteiger partial charge in [0.05, 0.1) is 11.6 Å². The molecule has 0 fully saturated rings. The molecule has 2 rings (SSSR count). The Morgan fingerprint density at radius 3 is 2.86 bits per heavy atom. The Balaban J connectivity index is 1.95. The third-order valence-corrected chi connectivity index (χ3v) is 3.05. The molecule has 118 valence electrons. The second-order valence-corrected chi connectivity index (χ2v) is 4.99. The van der Waals surface area contributed by atoms with Gasteiger partial charge in [-0.1, -0.05) is 16.8 Å². The molecule has 1 atom stereocenters. The smallest absolute Gasteiger partial charge is 0.319 e. The number of ether oxygens (including phenoxy) is 1. The van der Waals surface area contributed by atoms with Gasteiger partial charge in [0.15, 0.2) is 5.82 Å². The van der Waals surface area contributed by atoms with E-state index < -0.39 is 12.1 Å². The third-order valence-electron chi connectivity index (χ3n) is 2.75. The molecule has 7 nitrogen and oxygen atoms in total. The Labute approximate surface area is 133 Å². The summed E-state index contributed by atoms with van der Waals surface area (Å²) in [5, 5.41) is 9.49. The number of carbonyl (C=O) groups is 1. The molecule has 0 spiro atoms. The van der Waals surface area contributed by atoms with Gasteiger partial charge < -0.3 is 19.9 Å². The van der Waals surface area contributed by atoms with Crippen LogP contribution >= 0.6 is 11.6 Å². The zero-order chi connectivity index (χ0) is 16.1. The van der Waals surface area contributed by atoms with Crippen LogP contribution in [0.5, 0.6) is 5.75 Å². The van der Waals surface area contributed by atoms with E-state index in [4.69, 9.17) is 20.9 Å². The number of halogens is 1. The number of amides is 2. The van der Waals surface area contributed by atoms with E-state index in [0.717, 1.165) is 0 Å². The molecule has 0 bridgehead atoms. The zero-order valence-corrected chi connectivity index (χ0v) is 13.3. The summed E-state index contributed by atoms with van der Waals surface area (Å²) in [6.07, 6.45) is 0. The van der Waals surface area contributed by atoms with E-state index in [1.807, 2.05) is 6.92 Å². The van der Waals surface area contributed by atoms with E-state index in [1.54, 1.807) is 32.0 Å². The number of aryl methyl sites for hydroxylation is 1. The topological polar surface area (TPSA) is 89.3 Å². The molecule has 0 radical (unpaired) electrons. The van der Waals surface area contributed by atoms with E-state index in [9.17, 15) is 4.79 Å². The van der Waals surface area contributed by atoms with Crippen LogP contribution in [0.15, 0.2) is 22.7 Å². The summed E-state index contributed by atoms with van der Waals surface area (Å²) in [6, 6.07) is 4.22. The zero-order valence-electron chi connectivity index (χ0n) is 12.5. The summed E-state index contributed by atoms with van der Waals surface area (Å²) in [6.45, 7) is 5.85. The van der Waals surface area contributed by atoms with Gasteiger partial charge in [-0.05, 0) is 39.0 Å². The van der Waals surface area contributed by atoms with Gasteiger partial charge in [0, 0.05) is 5.69 Å². The molecule has 2 N–H and O–H groups in total. The minimum atomic E-state index is -0.403. The molecule has 0 aliphatic carbocycles. The van der Waals surface area contributed by atoms with Crippen LogP contribution in [0, 0.1) is 6.92 Å². The summed E-state index contributed by atoms with van der Waals surface area (Å²) in [5.41, 5.74) is 0.555. The highest BCUT2D eigenvalue weighted by Crippen LogP contribution is 2.27. The number of nitrogens with zero attached hydrogens (tertiary/aromatic N) is 2. The van der Waals surface area contributed by atoms with Crippen LogP contribution in [0.25, 0.3) is 0 Å². The molecule has 0 saturated heterocycles. The van der Waals surface area contributed by atoms with Crippen molar-refractivity contribution >= 4 is 23.3 Å². The van der Waals surface area contributed by atoms with Crippen molar-refractivity contribution < 1.29 is 14.1 Å². The van der Waals surface area contributed by atoms with Crippen molar-refractivity contribution in [2.75, 3.05) is 11.9 Å². The minimum absolute atomic E-state index is 0.345. The number of anilines is 1. The van der Waals surface area contributed by atoms with Gasteiger partial charge in [0.25, 0.3) is 0 Å². The normalized spacial score (nSPS) is 11.8. The van der Waals surface area contributed by atoms with Gasteiger partial charge in [0.2, 0.25) is 5.89 Å². The monoisotopic (exact) mass is 324 g/mol. The van der Waals surface area contributed by atoms with Crippen molar-refractivity contribution in [1.29, 1.82) is 0 Å². The van der Waals surface area contributed by atoms with Crippen molar-refractivity contribution in [1.82, 2.24) is 15.5 Å². The first kappa shape index (κ1) is 16.1. The molecule has 0 aliphatic rings. The van der Waals surface area contributed by atoms with Gasteiger partial charge >= 0.3 is 6.03 Å². The van der Waals surface area contributed by atoms with E-state index in [-0.39, 0.29) is 0 Å². The number of benzene rings is 1. The Hall–Kier alpha value is -2.28. The fraction of sp³-hybridized carbons (Fsp3) is 0.357. The van der Waals surface area contributed by atoms with E-state index in [1.165, 1.54) is 0 Å². The molecule has 8 heteroatoms. The number of aromatic nitrogens is 2. The molecule has 1 aromatic carbocycles. The molecule has 1 unspecified atom stereocenters. The largest absolute Gasteiger partial charge is 0.492 e. The van der Waals surface area contributed by atoms with Crippen LogP contribution in [0.4, 0.5) is 10.5 Å². The molecule has 1 heterocycles. The second-order valence-electron chi connectivity index (χ2n) is 4.58. The van der Waals surface area contributed by atoms with E-state index >= 15 is 0 Å². The Kier molecular flexibility index (Phi) is 5.21. The number of hydrogen-bond acceptors (Lipinski definition) is 5. The fourth-order valence-electron chi connectivity index (χ4n) is 1.77. The maximum Gasteiger partial charge on any atom is 0.319 e. The van der Waals surface area contributed by atoms with Gasteiger partial charge in [-0.3, -0.25) is 0 Å².